The first-order valence-corrected chi connectivity index (χ1v) is 13.3. The number of carbonyl (C=O) groups excluding carboxylic acids is 4. The Morgan fingerprint density at radius 2 is 0.893 bits per heavy atom. The number of allylic oxidation sites excluding steroid dienone is 2. The van der Waals surface area contributed by atoms with Gasteiger partial charge in [-0.25, -0.2) is 0 Å². The summed E-state index contributed by atoms with van der Waals surface area (Å²) in [5.41, 5.74) is 0. The van der Waals surface area contributed by atoms with Crippen LogP contribution < -0.4 is 0 Å². The smallest absolute Gasteiger partial charge is 0.150 e. The molecule has 0 atom stereocenters. The highest BCUT2D eigenvalue weighted by atomic mass is 32.2. The largest absolute Gasteiger partial charge is 0.298 e. The van der Waals surface area contributed by atoms with E-state index in [9.17, 15) is 19.2 Å². The van der Waals surface area contributed by atoms with Gasteiger partial charge in [0.05, 0.1) is 16.9 Å². The maximum Gasteiger partial charge on any atom is 0.150 e. The Labute approximate surface area is 190 Å². The van der Waals surface area contributed by atoms with E-state index in [0.29, 0.717) is 0 Å². The average molecular weight is 493 g/mol. The van der Waals surface area contributed by atoms with Crippen molar-refractivity contribution in [3.8, 4) is 0 Å². The van der Waals surface area contributed by atoms with E-state index in [1.165, 1.54) is 51.2 Å². The van der Waals surface area contributed by atoms with Crippen LogP contribution in [0.5, 0.6) is 0 Å². The molecule has 0 saturated carbocycles. The molecule has 28 heavy (non-hydrogen) atoms. The van der Waals surface area contributed by atoms with E-state index in [2.05, 4.69) is 0 Å². The lowest BCUT2D eigenvalue weighted by Gasteiger charge is -2.11. The standard InChI is InChI=1S/C18H20O4S6/c1-7(19)13(8(2)20)25-15-11(5)23-17(27-15)18-24-12(6)16(28-18)26-14(9(3)21)10(4)22/h13-14H,1-6H3/b18-17+. The van der Waals surface area contributed by atoms with E-state index in [4.69, 9.17) is 0 Å². The molecule has 0 fully saturated rings. The Morgan fingerprint density at radius 3 is 1.14 bits per heavy atom. The summed E-state index contributed by atoms with van der Waals surface area (Å²) in [6, 6.07) is 0. The van der Waals surface area contributed by atoms with Crippen molar-refractivity contribution in [3.63, 3.8) is 0 Å². The molecule has 0 spiro atoms. The Morgan fingerprint density at radius 1 is 0.607 bits per heavy atom. The fourth-order valence-electron chi connectivity index (χ4n) is 2.21. The highest BCUT2D eigenvalue weighted by Crippen LogP contribution is 2.63. The summed E-state index contributed by atoms with van der Waals surface area (Å²) in [6.45, 7) is 9.77. The number of thioether (sulfide) groups is 6. The molecule has 2 aliphatic rings. The molecule has 10 heteroatoms. The molecule has 0 aromatic carbocycles. The van der Waals surface area contributed by atoms with E-state index in [1.54, 1.807) is 47.0 Å². The van der Waals surface area contributed by atoms with E-state index < -0.39 is 10.5 Å². The summed E-state index contributed by atoms with van der Waals surface area (Å²) in [4.78, 5) is 49.2. The molecule has 0 amide bonds. The van der Waals surface area contributed by atoms with Crippen molar-refractivity contribution in [1.29, 1.82) is 0 Å². The Kier molecular flexibility index (Phi) is 8.97. The van der Waals surface area contributed by atoms with Crippen LogP contribution in [0, 0.1) is 0 Å². The van der Waals surface area contributed by atoms with Crippen LogP contribution in [0.3, 0.4) is 0 Å². The molecule has 152 valence electrons. The van der Waals surface area contributed by atoms with Crippen LogP contribution in [-0.4, -0.2) is 33.6 Å². The third-order valence-corrected chi connectivity index (χ3v) is 13.0. The minimum Gasteiger partial charge on any atom is -0.298 e. The fraction of sp³-hybridized carbons (Fsp3) is 0.444. The topological polar surface area (TPSA) is 68.3 Å². The van der Waals surface area contributed by atoms with Gasteiger partial charge in [0.15, 0.2) is 23.1 Å². The van der Waals surface area contributed by atoms with Crippen LogP contribution in [0.4, 0.5) is 0 Å². The summed E-state index contributed by atoms with van der Waals surface area (Å²) in [6.07, 6.45) is 0. The minimum absolute atomic E-state index is 0.134. The molecule has 0 N–H and O–H groups in total. The number of Topliss-reactive ketones (excluding diaryl/α,β-unsaturated/α-hetero) is 4. The van der Waals surface area contributed by atoms with Gasteiger partial charge < -0.3 is 0 Å². The predicted octanol–water partition coefficient (Wildman–Crippen LogP) is 6.01. The Hall–Kier alpha value is -0.000000000000000222. The molecule has 4 nitrogen and oxygen atoms in total. The summed E-state index contributed by atoms with van der Waals surface area (Å²) in [7, 11) is 0. The molecule has 2 heterocycles. The summed E-state index contributed by atoms with van der Waals surface area (Å²) in [5, 5.41) is -1.33. The lowest BCUT2D eigenvalue weighted by atomic mass is 10.2. The lowest BCUT2D eigenvalue weighted by molar-refractivity contribution is -0.125. The number of ketones is 4. The summed E-state index contributed by atoms with van der Waals surface area (Å²) >= 11 is 9.09. The molecule has 0 aromatic heterocycles. The van der Waals surface area contributed by atoms with Crippen molar-refractivity contribution >= 4 is 93.7 Å². The zero-order chi connectivity index (χ0) is 21.2. The summed E-state index contributed by atoms with van der Waals surface area (Å²) in [5.74, 6) is -0.538. The molecule has 0 aliphatic carbocycles. The van der Waals surface area contributed by atoms with Gasteiger partial charge in [0.2, 0.25) is 0 Å². The second-order valence-corrected chi connectivity index (χ2v) is 13.9. The average Bonchev–Trinajstić information content (AvgIpc) is 3.11. The quantitative estimate of drug-likeness (QED) is 0.376. The van der Waals surface area contributed by atoms with Crippen LogP contribution >= 0.6 is 70.6 Å². The van der Waals surface area contributed by atoms with Crippen molar-refractivity contribution in [1.82, 2.24) is 0 Å². The maximum absolute atomic E-state index is 11.8. The second kappa shape index (κ2) is 10.3. The Balaban J connectivity index is 2.11. The Bertz CT molecular complexity index is 743. The molecule has 0 radical (unpaired) electrons. The number of rotatable bonds is 8. The van der Waals surface area contributed by atoms with Crippen molar-refractivity contribution in [2.24, 2.45) is 0 Å². The van der Waals surface area contributed by atoms with Crippen LogP contribution in [0.15, 0.2) is 26.8 Å². The number of hydrogen-bond acceptors (Lipinski definition) is 10. The molecule has 0 aromatic rings. The first-order valence-electron chi connectivity index (χ1n) is 8.23. The van der Waals surface area contributed by atoms with Gasteiger partial charge in [-0.05, 0) is 41.5 Å². The highest BCUT2D eigenvalue weighted by Gasteiger charge is 2.32. The first kappa shape index (κ1) is 24.3. The van der Waals surface area contributed by atoms with Crippen molar-refractivity contribution in [2.45, 2.75) is 52.0 Å². The van der Waals surface area contributed by atoms with Gasteiger partial charge in [-0.2, -0.15) is 0 Å². The van der Waals surface area contributed by atoms with E-state index >= 15 is 0 Å². The monoisotopic (exact) mass is 492 g/mol. The zero-order valence-corrected chi connectivity index (χ0v) is 21.1. The summed E-state index contributed by atoms with van der Waals surface area (Å²) < 4.78 is 4.18. The van der Waals surface area contributed by atoms with Crippen LogP contribution in [0.25, 0.3) is 0 Å². The van der Waals surface area contributed by atoms with Gasteiger partial charge in [0, 0.05) is 9.81 Å². The molecule has 0 unspecified atom stereocenters. The minimum atomic E-state index is -0.663. The van der Waals surface area contributed by atoms with Gasteiger partial charge >= 0.3 is 0 Å². The van der Waals surface area contributed by atoms with E-state index in [-0.39, 0.29) is 23.1 Å². The first-order chi connectivity index (χ1) is 13.0. The molecule has 2 aliphatic heterocycles. The third-order valence-electron chi connectivity index (χ3n) is 3.53. The van der Waals surface area contributed by atoms with Crippen LogP contribution in [0.2, 0.25) is 0 Å². The van der Waals surface area contributed by atoms with Gasteiger partial charge in [0.1, 0.15) is 10.5 Å². The fourth-order valence-corrected chi connectivity index (χ4v) is 10.7. The van der Waals surface area contributed by atoms with Gasteiger partial charge in [0.25, 0.3) is 0 Å². The van der Waals surface area contributed by atoms with E-state index in [0.717, 1.165) is 26.8 Å². The number of carbonyl (C=O) groups is 4. The lowest BCUT2D eigenvalue weighted by Crippen LogP contribution is -2.22. The van der Waals surface area contributed by atoms with Gasteiger partial charge in [-0.15, -0.1) is 0 Å². The molecular formula is C18H20O4S6. The third kappa shape index (κ3) is 6.01. The van der Waals surface area contributed by atoms with Gasteiger partial charge in [-0.1, -0.05) is 70.6 Å². The predicted molar refractivity (Wildman–Crippen MR) is 128 cm³/mol. The molecule has 2 rings (SSSR count). The van der Waals surface area contributed by atoms with Crippen LogP contribution in [-0.2, 0) is 19.2 Å². The molecule has 0 bridgehead atoms. The van der Waals surface area contributed by atoms with E-state index in [1.807, 2.05) is 13.8 Å². The maximum atomic E-state index is 11.8. The number of hydrogen-bond donors (Lipinski definition) is 0. The van der Waals surface area contributed by atoms with Crippen LogP contribution in [0.1, 0.15) is 41.5 Å². The normalized spacial score (nSPS) is 20.0. The van der Waals surface area contributed by atoms with Crippen molar-refractivity contribution in [2.75, 3.05) is 0 Å². The van der Waals surface area contributed by atoms with Gasteiger partial charge in [-0.3, -0.25) is 19.2 Å². The SMILES string of the molecule is CC(=O)C(SC1=C(C)S/C(=C2/SC(C)=C(SC(C(C)=O)C(C)=O)S2)S1)C(C)=O. The highest BCUT2D eigenvalue weighted by molar-refractivity contribution is 8.40. The molecular weight excluding hydrogens is 473 g/mol. The zero-order valence-electron chi connectivity index (χ0n) is 16.2. The van der Waals surface area contributed by atoms with Crippen molar-refractivity contribution < 1.29 is 19.2 Å². The second-order valence-electron chi connectivity index (χ2n) is 6.11. The molecule has 0 saturated heterocycles. The van der Waals surface area contributed by atoms with Crippen molar-refractivity contribution in [3.05, 3.63) is 26.8 Å².